The Morgan fingerprint density at radius 1 is 1.38 bits per heavy atom. The molecule has 16 heavy (non-hydrogen) atoms. The fourth-order valence-electron chi connectivity index (χ4n) is 2.47. The van der Waals surface area contributed by atoms with Crippen molar-refractivity contribution in [2.75, 3.05) is 20.1 Å². The minimum atomic E-state index is -0.0366. The predicted octanol–water partition coefficient (Wildman–Crippen LogP) is 0.462. The van der Waals surface area contributed by atoms with Crippen molar-refractivity contribution in [3.63, 3.8) is 0 Å². The second-order valence-electron chi connectivity index (χ2n) is 4.71. The Kier molecular flexibility index (Phi) is 2.21. The van der Waals surface area contributed by atoms with Crippen molar-refractivity contribution in [2.45, 2.75) is 25.3 Å². The van der Waals surface area contributed by atoms with Gasteiger partial charge in [0.25, 0.3) is 5.91 Å². The van der Waals surface area contributed by atoms with Crippen molar-refractivity contribution in [1.29, 1.82) is 0 Å². The van der Waals surface area contributed by atoms with Crippen LogP contribution in [0.1, 0.15) is 40.8 Å². The maximum absolute atomic E-state index is 11.4. The van der Waals surface area contributed by atoms with Crippen LogP contribution in [0.15, 0.2) is 0 Å². The van der Waals surface area contributed by atoms with Crippen LogP contribution in [-0.2, 0) is 6.54 Å². The van der Waals surface area contributed by atoms with Gasteiger partial charge in [-0.25, -0.2) is 4.98 Å². The molecule has 3 heterocycles. The highest BCUT2D eigenvalue weighted by atomic mass is 16.2. The molecule has 5 heteroatoms. The molecule has 0 spiro atoms. The van der Waals surface area contributed by atoms with Gasteiger partial charge in [-0.1, -0.05) is 0 Å². The molecule has 86 valence electrons. The van der Waals surface area contributed by atoms with Gasteiger partial charge in [-0.05, 0) is 33.0 Å². The van der Waals surface area contributed by atoms with E-state index in [2.05, 4.69) is 27.2 Å². The number of nitrogens with one attached hydrogen (secondary N) is 2. The molecule has 0 atom stereocenters. The second-order valence-corrected chi connectivity index (χ2v) is 4.71. The third kappa shape index (κ3) is 1.51. The van der Waals surface area contributed by atoms with Gasteiger partial charge < -0.3 is 15.2 Å². The van der Waals surface area contributed by atoms with Crippen molar-refractivity contribution in [3.05, 3.63) is 17.2 Å². The molecule has 2 N–H and O–H groups in total. The van der Waals surface area contributed by atoms with Crippen LogP contribution in [0.2, 0.25) is 0 Å². The monoisotopic (exact) mass is 220 g/mol. The van der Waals surface area contributed by atoms with Crippen LogP contribution in [0.3, 0.4) is 0 Å². The van der Waals surface area contributed by atoms with E-state index in [9.17, 15) is 4.79 Å². The topological polar surface area (TPSA) is 61.0 Å². The first-order valence-electron chi connectivity index (χ1n) is 5.79. The molecule has 1 fully saturated rings. The number of hydrogen-bond donors (Lipinski definition) is 2. The highest BCUT2D eigenvalue weighted by Gasteiger charge is 2.27. The molecule has 1 amide bonds. The van der Waals surface area contributed by atoms with Crippen molar-refractivity contribution in [2.24, 2.45) is 0 Å². The zero-order chi connectivity index (χ0) is 11.1. The summed E-state index contributed by atoms with van der Waals surface area (Å²) in [6.07, 6.45) is 2.26. The number of piperidine rings is 1. The summed E-state index contributed by atoms with van der Waals surface area (Å²) in [6.45, 7) is 2.83. The van der Waals surface area contributed by atoms with Gasteiger partial charge in [-0.3, -0.25) is 4.79 Å². The lowest BCUT2D eigenvalue weighted by Gasteiger charge is -2.27. The van der Waals surface area contributed by atoms with Gasteiger partial charge in [0.1, 0.15) is 5.82 Å². The number of nitrogens with zero attached hydrogens (tertiary/aromatic N) is 2. The molecule has 5 nitrogen and oxygen atoms in total. The Labute approximate surface area is 94.2 Å². The maximum atomic E-state index is 11.4. The average Bonchev–Trinajstić information content (AvgIpc) is 2.83. The normalized spacial score (nSPS) is 22.2. The van der Waals surface area contributed by atoms with Crippen molar-refractivity contribution < 1.29 is 4.79 Å². The summed E-state index contributed by atoms with van der Waals surface area (Å²) in [7, 11) is 2.14. The van der Waals surface area contributed by atoms with Crippen molar-refractivity contribution >= 4 is 5.91 Å². The molecule has 2 aliphatic heterocycles. The highest BCUT2D eigenvalue weighted by molar-refractivity contribution is 5.95. The summed E-state index contributed by atoms with van der Waals surface area (Å²) in [5.41, 5.74) is 1.56. The molecule has 3 rings (SSSR count). The first-order valence-corrected chi connectivity index (χ1v) is 5.79. The number of fused-ring (bicyclic) bond motifs is 1. The zero-order valence-electron chi connectivity index (χ0n) is 9.42. The molecule has 0 bridgehead atoms. The number of aromatic amines is 1. The van der Waals surface area contributed by atoms with Crippen molar-refractivity contribution in [3.8, 4) is 0 Å². The van der Waals surface area contributed by atoms with E-state index in [4.69, 9.17) is 0 Å². The fraction of sp³-hybridized carbons (Fsp3) is 0.636. The Morgan fingerprint density at radius 3 is 2.81 bits per heavy atom. The summed E-state index contributed by atoms with van der Waals surface area (Å²) in [6, 6.07) is 0. The number of H-pyrrole nitrogens is 1. The van der Waals surface area contributed by atoms with Crippen LogP contribution >= 0.6 is 0 Å². The third-order valence-electron chi connectivity index (χ3n) is 3.54. The minimum absolute atomic E-state index is 0.0366. The summed E-state index contributed by atoms with van der Waals surface area (Å²) in [5.74, 6) is 1.47. The number of likely N-dealkylation sites (tertiary alicyclic amines) is 1. The van der Waals surface area contributed by atoms with Gasteiger partial charge in [0, 0.05) is 5.92 Å². The number of carbonyl (C=O) groups excluding carboxylic acids is 1. The molecule has 0 radical (unpaired) electrons. The van der Waals surface area contributed by atoms with Gasteiger partial charge in [-0.15, -0.1) is 0 Å². The van der Waals surface area contributed by atoms with E-state index in [1.165, 1.54) is 0 Å². The second kappa shape index (κ2) is 3.59. The molecule has 2 aliphatic rings. The molecule has 0 aromatic carbocycles. The minimum Gasteiger partial charge on any atom is -0.345 e. The Hall–Kier alpha value is -1.36. The quantitative estimate of drug-likeness (QED) is 0.723. The van der Waals surface area contributed by atoms with E-state index >= 15 is 0 Å². The molecule has 0 aliphatic carbocycles. The number of aromatic nitrogens is 2. The largest absolute Gasteiger partial charge is 0.345 e. The Morgan fingerprint density at radius 2 is 2.12 bits per heavy atom. The maximum Gasteiger partial charge on any atom is 0.272 e. The number of hydrogen-bond acceptors (Lipinski definition) is 3. The van der Waals surface area contributed by atoms with E-state index in [1.807, 2.05) is 0 Å². The first kappa shape index (κ1) is 9.84. The highest BCUT2D eigenvalue weighted by Crippen LogP contribution is 2.27. The number of imidazole rings is 1. The molecule has 0 unspecified atom stereocenters. The van der Waals surface area contributed by atoms with Crippen LogP contribution in [0, 0.1) is 0 Å². The summed E-state index contributed by atoms with van der Waals surface area (Å²) >= 11 is 0. The smallest absolute Gasteiger partial charge is 0.272 e. The zero-order valence-corrected chi connectivity index (χ0v) is 9.42. The van der Waals surface area contributed by atoms with Crippen LogP contribution < -0.4 is 5.32 Å². The molecule has 1 aromatic heterocycles. The standard InChI is InChI=1S/C11H16N4O/c1-15-4-2-7(3-5-15)10-13-8-6-12-11(16)9(8)14-10/h7H,2-6H2,1H3,(H,12,16)(H,13,14). The summed E-state index contributed by atoms with van der Waals surface area (Å²) in [5, 5.41) is 2.76. The molecule has 1 aromatic rings. The molecular formula is C11H16N4O. The Balaban J connectivity index is 1.80. The van der Waals surface area contributed by atoms with E-state index in [0.717, 1.165) is 37.4 Å². The predicted molar refractivity (Wildman–Crippen MR) is 59.2 cm³/mol. The molecule has 0 saturated carbocycles. The van der Waals surface area contributed by atoms with Crippen LogP contribution in [0.5, 0.6) is 0 Å². The lowest BCUT2D eigenvalue weighted by Crippen LogP contribution is -2.29. The first-order chi connectivity index (χ1) is 7.74. The number of amides is 1. The SMILES string of the molecule is CN1CCC(c2nc3c([nH]2)CNC3=O)CC1. The number of rotatable bonds is 1. The van der Waals surface area contributed by atoms with Gasteiger partial charge in [-0.2, -0.15) is 0 Å². The average molecular weight is 220 g/mol. The van der Waals surface area contributed by atoms with Crippen molar-refractivity contribution in [1.82, 2.24) is 20.2 Å². The van der Waals surface area contributed by atoms with Gasteiger partial charge in [0.15, 0.2) is 5.69 Å². The van der Waals surface area contributed by atoms with Crippen LogP contribution in [0.25, 0.3) is 0 Å². The van der Waals surface area contributed by atoms with E-state index in [1.54, 1.807) is 0 Å². The molecule has 1 saturated heterocycles. The fourth-order valence-corrected chi connectivity index (χ4v) is 2.47. The lowest BCUT2D eigenvalue weighted by molar-refractivity contribution is 0.0961. The van der Waals surface area contributed by atoms with E-state index in [-0.39, 0.29) is 5.91 Å². The Bertz CT molecular complexity index is 418. The third-order valence-corrected chi connectivity index (χ3v) is 3.54. The van der Waals surface area contributed by atoms with E-state index in [0.29, 0.717) is 18.2 Å². The summed E-state index contributed by atoms with van der Waals surface area (Å²) < 4.78 is 0. The van der Waals surface area contributed by atoms with Gasteiger partial charge >= 0.3 is 0 Å². The van der Waals surface area contributed by atoms with Gasteiger partial charge in [0.2, 0.25) is 0 Å². The molecular weight excluding hydrogens is 204 g/mol. The van der Waals surface area contributed by atoms with Gasteiger partial charge in [0.05, 0.1) is 12.2 Å². The van der Waals surface area contributed by atoms with Crippen LogP contribution in [-0.4, -0.2) is 40.9 Å². The lowest BCUT2D eigenvalue weighted by atomic mass is 9.96. The number of carbonyl (C=O) groups is 1. The van der Waals surface area contributed by atoms with E-state index < -0.39 is 0 Å². The van der Waals surface area contributed by atoms with Crippen LogP contribution in [0.4, 0.5) is 0 Å². The summed E-state index contributed by atoms with van der Waals surface area (Å²) in [4.78, 5) is 21.5.